The van der Waals surface area contributed by atoms with E-state index >= 15 is 0 Å². The minimum Gasteiger partial charge on any atom is -0.475 e. The van der Waals surface area contributed by atoms with Crippen LogP contribution in [0, 0.1) is 11.3 Å². The first-order chi connectivity index (χ1) is 18.2. The molecule has 2 aliphatic heterocycles. The van der Waals surface area contributed by atoms with Crippen LogP contribution in [0.4, 0.5) is 26.3 Å². The van der Waals surface area contributed by atoms with Gasteiger partial charge in [-0.15, -0.1) is 0 Å². The summed E-state index contributed by atoms with van der Waals surface area (Å²) in [5.41, 5.74) is 1.87. The van der Waals surface area contributed by atoms with Crippen LogP contribution in [0.5, 0.6) is 0 Å². The summed E-state index contributed by atoms with van der Waals surface area (Å²) >= 11 is 1.80. The van der Waals surface area contributed by atoms with Crippen LogP contribution in [0.2, 0.25) is 0 Å². The molecule has 0 bridgehead atoms. The molecule has 0 radical (unpaired) electrons. The minimum atomic E-state index is -5.08. The average molecular weight is 589 g/mol. The van der Waals surface area contributed by atoms with E-state index in [0.29, 0.717) is 11.3 Å². The van der Waals surface area contributed by atoms with Gasteiger partial charge < -0.3 is 19.4 Å². The molecule has 0 aliphatic carbocycles. The molecule has 1 atom stereocenters. The third-order valence-electron chi connectivity index (χ3n) is 6.53. The Morgan fingerprint density at radius 2 is 1.64 bits per heavy atom. The van der Waals surface area contributed by atoms with Gasteiger partial charge in [0, 0.05) is 32.7 Å². The lowest BCUT2D eigenvalue weighted by Gasteiger charge is -2.42. The smallest absolute Gasteiger partial charge is 0.475 e. The van der Waals surface area contributed by atoms with Crippen molar-refractivity contribution in [3.05, 3.63) is 46.5 Å². The van der Waals surface area contributed by atoms with Crippen LogP contribution in [0.3, 0.4) is 0 Å². The van der Waals surface area contributed by atoms with Crippen LogP contribution < -0.4 is 0 Å². The Hall–Kier alpha value is -2.62. The molecule has 2 N–H and O–H groups in total. The third kappa shape index (κ3) is 10.5. The number of carbonyl (C=O) groups is 2. The average Bonchev–Trinajstić information content (AvgIpc) is 3.59. The molecule has 2 fully saturated rings. The molecule has 2 aromatic rings. The number of carboxylic acid groups (broad SMARTS) is 2. The number of aliphatic carboxylic acids is 2. The largest absolute Gasteiger partial charge is 0.490 e. The monoisotopic (exact) mass is 588 g/mol. The lowest BCUT2D eigenvalue weighted by atomic mass is 9.71. The molecule has 0 saturated carbocycles. The van der Waals surface area contributed by atoms with E-state index in [-0.39, 0.29) is 0 Å². The number of furan rings is 1. The van der Waals surface area contributed by atoms with E-state index < -0.39 is 24.3 Å². The Morgan fingerprint density at radius 3 is 2.08 bits per heavy atom. The van der Waals surface area contributed by atoms with E-state index in [4.69, 9.17) is 29.0 Å². The number of thiophene rings is 1. The molecule has 1 unspecified atom stereocenters. The number of methoxy groups -OCH3 is 1. The summed E-state index contributed by atoms with van der Waals surface area (Å²) in [7, 11) is 1.84. The summed E-state index contributed by atoms with van der Waals surface area (Å²) in [5.74, 6) is -3.81. The molecular formula is C24H30F6N2O6S. The molecule has 2 aromatic heterocycles. The quantitative estimate of drug-likeness (QED) is 0.457. The van der Waals surface area contributed by atoms with Gasteiger partial charge in [-0.05, 0) is 65.9 Å². The highest BCUT2D eigenvalue weighted by atomic mass is 32.1. The normalized spacial score (nSPS) is 19.6. The summed E-state index contributed by atoms with van der Waals surface area (Å²) in [4.78, 5) is 23.0. The molecular weight excluding hydrogens is 558 g/mol. The zero-order valence-corrected chi connectivity index (χ0v) is 21.8. The molecule has 220 valence electrons. The number of alkyl halides is 6. The van der Waals surface area contributed by atoms with Crippen molar-refractivity contribution in [2.75, 3.05) is 39.9 Å². The molecule has 0 amide bonds. The highest BCUT2D eigenvalue weighted by Gasteiger charge is 2.47. The maximum absolute atomic E-state index is 10.6. The van der Waals surface area contributed by atoms with E-state index in [1.807, 2.05) is 13.2 Å². The van der Waals surface area contributed by atoms with Gasteiger partial charge in [-0.3, -0.25) is 9.80 Å². The fraction of sp³-hybridized carbons (Fsp3) is 0.583. The van der Waals surface area contributed by atoms with Crippen molar-refractivity contribution in [2.24, 2.45) is 11.3 Å². The van der Waals surface area contributed by atoms with E-state index in [0.717, 1.165) is 32.0 Å². The second-order valence-electron chi connectivity index (χ2n) is 9.28. The Bertz CT molecular complexity index is 981. The van der Waals surface area contributed by atoms with E-state index in [2.05, 4.69) is 32.7 Å². The zero-order chi connectivity index (χ0) is 29.3. The third-order valence-corrected chi connectivity index (χ3v) is 7.27. The number of hydrogen-bond donors (Lipinski definition) is 2. The lowest BCUT2D eigenvalue weighted by molar-refractivity contribution is -0.193. The minimum absolute atomic E-state index is 0.410. The van der Waals surface area contributed by atoms with Crippen LogP contribution in [-0.2, 0) is 27.4 Å². The van der Waals surface area contributed by atoms with Crippen molar-refractivity contribution in [3.63, 3.8) is 0 Å². The number of hydrogen-bond acceptors (Lipinski definition) is 7. The Morgan fingerprint density at radius 1 is 1.05 bits per heavy atom. The Balaban J connectivity index is 0.000000317. The molecule has 2 aliphatic rings. The first kappa shape index (κ1) is 32.6. The number of likely N-dealkylation sites (tertiary alicyclic amines) is 2. The number of ether oxygens (including phenoxy) is 1. The van der Waals surface area contributed by atoms with Crippen LogP contribution in [0.25, 0.3) is 0 Å². The Labute approximate surface area is 224 Å². The van der Waals surface area contributed by atoms with Crippen LogP contribution in [-0.4, -0.2) is 84.2 Å². The molecule has 39 heavy (non-hydrogen) atoms. The molecule has 4 heterocycles. The van der Waals surface area contributed by atoms with E-state index in [9.17, 15) is 26.3 Å². The summed E-state index contributed by atoms with van der Waals surface area (Å²) in [5, 5.41) is 18.7. The number of carboxylic acids is 2. The van der Waals surface area contributed by atoms with Gasteiger partial charge in [0.05, 0.1) is 19.4 Å². The van der Waals surface area contributed by atoms with Crippen molar-refractivity contribution in [3.8, 4) is 0 Å². The van der Waals surface area contributed by atoms with Crippen molar-refractivity contribution in [2.45, 2.75) is 38.3 Å². The molecule has 8 nitrogen and oxygen atoms in total. The van der Waals surface area contributed by atoms with Gasteiger partial charge in [0.25, 0.3) is 0 Å². The molecule has 1 spiro atoms. The molecule has 4 rings (SSSR count). The van der Waals surface area contributed by atoms with Crippen molar-refractivity contribution in [1.82, 2.24) is 9.80 Å². The predicted molar refractivity (Wildman–Crippen MR) is 128 cm³/mol. The number of piperidine rings is 1. The highest BCUT2D eigenvalue weighted by molar-refractivity contribution is 7.07. The first-order valence-corrected chi connectivity index (χ1v) is 12.7. The maximum atomic E-state index is 10.6. The second kappa shape index (κ2) is 14.1. The van der Waals surface area contributed by atoms with Gasteiger partial charge in [-0.25, -0.2) is 9.59 Å². The number of rotatable bonds is 6. The molecule has 0 aromatic carbocycles. The van der Waals surface area contributed by atoms with Crippen LogP contribution in [0.1, 0.15) is 24.2 Å². The SMILES string of the molecule is COCC1CN(Cc2ccco2)CC12CCN(Cc1ccsc1)CC2.O=C(O)C(F)(F)F.O=C(O)C(F)(F)F. The van der Waals surface area contributed by atoms with Gasteiger partial charge in [0.1, 0.15) is 5.76 Å². The number of halogens is 6. The fourth-order valence-electron chi connectivity index (χ4n) is 4.68. The van der Waals surface area contributed by atoms with Crippen LogP contribution >= 0.6 is 11.3 Å². The number of nitrogens with zero attached hydrogens (tertiary/aromatic N) is 2. The predicted octanol–water partition coefficient (Wildman–Crippen LogP) is 4.97. The standard InChI is InChI=1S/C20H28N2O2S.2C2HF3O2/c1-23-14-18-12-22(13-19-3-2-9-24-19)16-20(18)5-7-21(8-6-20)11-17-4-10-25-15-17;2*3-2(4,5)1(6)7/h2-4,9-10,15,18H,5-8,11-14,16H2,1H3;2*(H,6,7). The summed E-state index contributed by atoms with van der Waals surface area (Å²) in [6, 6.07) is 6.32. The van der Waals surface area contributed by atoms with Gasteiger partial charge in [-0.1, -0.05) is 0 Å². The van der Waals surface area contributed by atoms with Gasteiger partial charge >= 0.3 is 24.3 Å². The molecule has 2 saturated heterocycles. The van der Waals surface area contributed by atoms with Crippen molar-refractivity contribution >= 4 is 23.3 Å². The van der Waals surface area contributed by atoms with E-state index in [1.165, 1.54) is 38.0 Å². The lowest BCUT2D eigenvalue weighted by Crippen LogP contribution is -2.44. The summed E-state index contributed by atoms with van der Waals surface area (Å²) in [6.07, 6.45) is -5.84. The fourth-order valence-corrected chi connectivity index (χ4v) is 5.34. The van der Waals surface area contributed by atoms with Gasteiger partial charge in [-0.2, -0.15) is 37.7 Å². The summed E-state index contributed by atoms with van der Waals surface area (Å²) in [6.45, 7) is 7.60. The second-order valence-corrected chi connectivity index (χ2v) is 10.1. The topological polar surface area (TPSA) is 103 Å². The molecule has 15 heteroatoms. The van der Waals surface area contributed by atoms with Gasteiger partial charge in [0.2, 0.25) is 0 Å². The first-order valence-electron chi connectivity index (χ1n) is 11.7. The zero-order valence-electron chi connectivity index (χ0n) is 21.0. The summed E-state index contributed by atoms with van der Waals surface area (Å²) < 4.78 is 74.6. The van der Waals surface area contributed by atoms with Crippen LogP contribution in [0.15, 0.2) is 39.6 Å². The Kier molecular flexibility index (Phi) is 11.8. The van der Waals surface area contributed by atoms with Crippen molar-refractivity contribution < 1.29 is 55.3 Å². The van der Waals surface area contributed by atoms with Gasteiger partial charge in [0.15, 0.2) is 0 Å². The highest BCUT2D eigenvalue weighted by Crippen LogP contribution is 2.45. The van der Waals surface area contributed by atoms with Crippen molar-refractivity contribution in [1.29, 1.82) is 0 Å². The maximum Gasteiger partial charge on any atom is 0.490 e. The van der Waals surface area contributed by atoms with E-state index in [1.54, 1.807) is 17.6 Å².